The maximum atomic E-state index is 13.2. The number of hydrogen-bond donors (Lipinski definition) is 3. The molecular formula is C29H29N3O5. The number of alkyl carbamates (subject to hydrolysis) is 1. The summed E-state index contributed by atoms with van der Waals surface area (Å²) in [5, 5.41) is 6.25. The lowest BCUT2D eigenvalue weighted by atomic mass is 10.0. The summed E-state index contributed by atoms with van der Waals surface area (Å²) in [6, 6.07) is 24.3. The fourth-order valence-electron chi connectivity index (χ4n) is 3.86. The molecule has 190 valence electrons. The van der Waals surface area contributed by atoms with Crippen molar-refractivity contribution in [3.63, 3.8) is 0 Å². The van der Waals surface area contributed by atoms with Gasteiger partial charge in [0.2, 0.25) is 5.91 Å². The monoisotopic (exact) mass is 499 g/mol. The summed E-state index contributed by atoms with van der Waals surface area (Å²) < 4.78 is 10.7. The minimum absolute atomic E-state index is 0.0658. The first-order valence-corrected chi connectivity index (χ1v) is 12.0. The topological polar surface area (TPSA) is 110 Å². The maximum Gasteiger partial charge on any atom is 0.408 e. The molecule has 2 atom stereocenters. The van der Waals surface area contributed by atoms with Crippen molar-refractivity contribution in [3.8, 4) is 0 Å². The van der Waals surface area contributed by atoms with Gasteiger partial charge in [0, 0.05) is 23.5 Å². The molecule has 0 radical (unpaired) electrons. The molecule has 4 rings (SSSR count). The molecule has 3 N–H and O–H groups in total. The number of nitrogens with one attached hydrogen (secondary N) is 3. The summed E-state index contributed by atoms with van der Waals surface area (Å²) in [6.45, 7) is 1.71. The maximum absolute atomic E-state index is 13.2. The van der Waals surface area contributed by atoms with E-state index in [1.54, 1.807) is 13.1 Å². The number of amides is 2. The van der Waals surface area contributed by atoms with E-state index in [2.05, 4.69) is 15.6 Å². The molecule has 2 unspecified atom stereocenters. The molecule has 3 aromatic carbocycles. The van der Waals surface area contributed by atoms with Crippen LogP contribution in [0.1, 0.15) is 23.6 Å². The van der Waals surface area contributed by atoms with Crippen LogP contribution in [0.15, 0.2) is 91.1 Å². The highest BCUT2D eigenvalue weighted by atomic mass is 16.5. The molecule has 8 heteroatoms. The largest absolute Gasteiger partial charge is 0.459 e. The Morgan fingerprint density at radius 2 is 1.38 bits per heavy atom. The second-order valence-electron chi connectivity index (χ2n) is 8.65. The molecule has 1 heterocycles. The van der Waals surface area contributed by atoms with Crippen LogP contribution in [0.5, 0.6) is 0 Å². The normalized spacial score (nSPS) is 12.4. The van der Waals surface area contributed by atoms with Crippen molar-refractivity contribution in [1.82, 2.24) is 15.6 Å². The molecular weight excluding hydrogens is 470 g/mol. The van der Waals surface area contributed by atoms with Gasteiger partial charge in [-0.1, -0.05) is 78.9 Å². The standard InChI is InChI=1S/C29H29N3O5/c1-20(28(34)36-18-21-10-4-2-5-11-21)31-27(33)26(16-23-17-30-25-15-9-8-14-24(23)25)32-29(35)37-19-22-12-6-3-7-13-22/h2-15,17,20,26,30H,16,18-19H2,1H3,(H,31,33)(H,32,35). The number of aromatic amines is 1. The molecule has 2 amide bonds. The van der Waals surface area contributed by atoms with E-state index in [1.165, 1.54) is 0 Å². The lowest BCUT2D eigenvalue weighted by Crippen LogP contribution is -2.52. The predicted octanol–water partition coefficient (Wildman–Crippen LogP) is 4.25. The van der Waals surface area contributed by atoms with Gasteiger partial charge in [-0.3, -0.25) is 4.79 Å². The molecule has 0 bridgehead atoms. The Morgan fingerprint density at radius 3 is 2.05 bits per heavy atom. The van der Waals surface area contributed by atoms with E-state index >= 15 is 0 Å². The van der Waals surface area contributed by atoms with Gasteiger partial charge >= 0.3 is 12.1 Å². The van der Waals surface area contributed by atoms with Crippen molar-refractivity contribution in [2.24, 2.45) is 0 Å². The van der Waals surface area contributed by atoms with Crippen molar-refractivity contribution < 1.29 is 23.9 Å². The van der Waals surface area contributed by atoms with Gasteiger partial charge in [-0.05, 0) is 29.7 Å². The SMILES string of the molecule is CC(NC(=O)C(Cc1c[nH]c2ccccc12)NC(=O)OCc1ccccc1)C(=O)OCc1ccccc1. The molecule has 0 saturated heterocycles. The van der Waals surface area contributed by atoms with Crippen molar-refractivity contribution in [2.45, 2.75) is 38.6 Å². The highest BCUT2D eigenvalue weighted by molar-refractivity contribution is 5.91. The number of ether oxygens (including phenoxy) is 2. The highest BCUT2D eigenvalue weighted by Crippen LogP contribution is 2.19. The quantitative estimate of drug-likeness (QED) is 0.283. The number of rotatable bonds is 10. The fourth-order valence-corrected chi connectivity index (χ4v) is 3.86. The Labute approximate surface area is 215 Å². The highest BCUT2D eigenvalue weighted by Gasteiger charge is 2.27. The summed E-state index contributed by atoms with van der Waals surface area (Å²) in [5.74, 6) is -1.10. The van der Waals surface area contributed by atoms with E-state index in [1.807, 2.05) is 84.9 Å². The Bertz CT molecular complexity index is 1340. The zero-order chi connectivity index (χ0) is 26.0. The lowest BCUT2D eigenvalue weighted by Gasteiger charge is -2.21. The van der Waals surface area contributed by atoms with Crippen LogP contribution < -0.4 is 10.6 Å². The Morgan fingerprint density at radius 1 is 0.784 bits per heavy atom. The number of fused-ring (bicyclic) bond motifs is 1. The van der Waals surface area contributed by atoms with E-state index < -0.39 is 30.1 Å². The second-order valence-corrected chi connectivity index (χ2v) is 8.65. The van der Waals surface area contributed by atoms with E-state index in [0.717, 1.165) is 27.6 Å². The average Bonchev–Trinajstić information content (AvgIpc) is 3.34. The van der Waals surface area contributed by atoms with Crippen LogP contribution in [-0.4, -0.2) is 35.0 Å². The molecule has 0 aliphatic rings. The van der Waals surface area contributed by atoms with Crippen LogP contribution in [0.25, 0.3) is 10.9 Å². The molecule has 1 aromatic heterocycles. The van der Waals surface area contributed by atoms with Crippen molar-refractivity contribution >= 4 is 28.9 Å². The number of esters is 1. The summed E-state index contributed by atoms with van der Waals surface area (Å²) in [4.78, 5) is 41.5. The molecule has 0 aliphatic carbocycles. The van der Waals surface area contributed by atoms with Gasteiger partial charge < -0.3 is 25.1 Å². The second kappa shape index (κ2) is 12.4. The molecule has 0 spiro atoms. The van der Waals surface area contributed by atoms with Crippen LogP contribution in [0.3, 0.4) is 0 Å². The van der Waals surface area contributed by atoms with Gasteiger partial charge in [0.05, 0.1) is 0 Å². The van der Waals surface area contributed by atoms with Gasteiger partial charge in [0.25, 0.3) is 0 Å². The first-order chi connectivity index (χ1) is 18.0. The molecule has 0 fully saturated rings. The first kappa shape index (κ1) is 25.5. The minimum Gasteiger partial charge on any atom is -0.459 e. The lowest BCUT2D eigenvalue weighted by molar-refractivity contribution is -0.148. The smallest absolute Gasteiger partial charge is 0.408 e. The molecule has 8 nitrogen and oxygen atoms in total. The molecule has 4 aromatic rings. The zero-order valence-electron chi connectivity index (χ0n) is 20.5. The zero-order valence-corrected chi connectivity index (χ0v) is 20.5. The number of para-hydroxylation sites is 1. The van der Waals surface area contributed by atoms with Crippen LogP contribution in [0.2, 0.25) is 0 Å². The van der Waals surface area contributed by atoms with Gasteiger partial charge in [0.15, 0.2) is 0 Å². The Hall–Kier alpha value is -4.59. The predicted molar refractivity (Wildman–Crippen MR) is 139 cm³/mol. The number of H-pyrrole nitrogens is 1. The Kier molecular flexibility index (Phi) is 8.54. The molecule has 0 saturated carbocycles. The first-order valence-electron chi connectivity index (χ1n) is 12.0. The van der Waals surface area contributed by atoms with Gasteiger partial charge in [-0.15, -0.1) is 0 Å². The van der Waals surface area contributed by atoms with E-state index in [9.17, 15) is 14.4 Å². The minimum atomic E-state index is -0.980. The summed E-state index contributed by atoms with van der Waals surface area (Å²) in [7, 11) is 0. The van der Waals surface area contributed by atoms with Gasteiger partial charge in [-0.25, -0.2) is 9.59 Å². The number of carbonyl (C=O) groups is 3. The third kappa shape index (κ3) is 7.20. The fraction of sp³-hybridized carbons (Fsp3) is 0.207. The average molecular weight is 500 g/mol. The third-order valence-corrected chi connectivity index (χ3v) is 5.86. The summed E-state index contributed by atoms with van der Waals surface area (Å²) in [5.41, 5.74) is 3.43. The molecule has 37 heavy (non-hydrogen) atoms. The number of benzene rings is 3. The van der Waals surface area contributed by atoms with Crippen molar-refractivity contribution in [3.05, 3.63) is 108 Å². The van der Waals surface area contributed by atoms with Crippen LogP contribution >= 0.6 is 0 Å². The summed E-state index contributed by atoms with van der Waals surface area (Å²) in [6.07, 6.45) is 1.27. The van der Waals surface area contributed by atoms with E-state index in [-0.39, 0.29) is 19.6 Å². The van der Waals surface area contributed by atoms with E-state index in [0.29, 0.717) is 0 Å². The number of aromatic nitrogens is 1. The van der Waals surface area contributed by atoms with E-state index in [4.69, 9.17) is 9.47 Å². The Balaban J connectivity index is 1.41. The van der Waals surface area contributed by atoms with Gasteiger partial charge in [-0.2, -0.15) is 0 Å². The summed E-state index contributed by atoms with van der Waals surface area (Å²) >= 11 is 0. The van der Waals surface area contributed by atoms with Gasteiger partial charge in [0.1, 0.15) is 25.3 Å². The van der Waals surface area contributed by atoms with Crippen molar-refractivity contribution in [1.29, 1.82) is 0 Å². The molecule has 0 aliphatic heterocycles. The van der Waals surface area contributed by atoms with Crippen LogP contribution in [0, 0.1) is 0 Å². The van der Waals surface area contributed by atoms with Crippen LogP contribution in [-0.2, 0) is 38.7 Å². The number of carbonyl (C=O) groups excluding carboxylic acids is 3. The third-order valence-electron chi connectivity index (χ3n) is 5.86. The van der Waals surface area contributed by atoms with Crippen LogP contribution in [0.4, 0.5) is 4.79 Å². The van der Waals surface area contributed by atoms with Crippen molar-refractivity contribution in [2.75, 3.05) is 0 Å². The number of hydrogen-bond acceptors (Lipinski definition) is 5.